The van der Waals surface area contributed by atoms with Gasteiger partial charge in [-0.05, 0) is 43.8 Å². The molecule has 0 unspecified atom stereocenters. The minimum atomic E-state index is -3.45. The van der Waals surface area contributed by atoms with E-state index in [1.807, 2.05) is 25.1 Å². The van der Waals surface area contributed by atoms with Crippen molar-refractivity contribution in [1.82, 2.24) is 15.4 Å². The van der Waals surface area contributed by atoms with Crippen LogP contribution in [0, 0.1) is 0 Å². The van der Waals surface area contributed by atoms with Crippen LogP contribution >= 0.6 is 0 Å². The highest BCUT2D eigenvalue weighted by atomic mass is 32.2. The van der Waals surface area contributed by atoms with Gasteiger partial charge in [-0.2, -0.15) is 0 Å². The molecule has 0 atom stereocenters. The Kier molecular flexibility index (Phi) is 6.39. The van der Waals surface area contributed by atoms with Crippen LogP contribution in [0.5, 0.6) is 0 Å². The van der Waals surface area contributed by atoms with Crippen molar-refractivity contribution in [1.29, 1.82) is 0 Å². The van der Waals surface area contributed by atoms with Crippen molar-refractivity contribution in [2.45, 2.75) is 24.9 Å². The first kappa shape index (κ1) is 18.0. The van der Waals surface area contributed by atoms with Gasteiger partial charge in [0, 0.05) is 6.54 Å². The van der Waals surface area contributed by atoms with Crippen molar-refractivity contribution >= 4 is 16.0 Å². The van der Waals surface area contributed by atoms with Gasteiger partial charge in [0.05, 0.1) is 24.2 Å². The van der Waals surface area contributed by atoms with E-state index in [4.69, 9.17) is 4.42 Å². The van der Waals surface area contributed by atoms with E-state index in [1.165, 1.54) is 7.05 Å². The summed E-state index contributed by atoms with van der Waals surface area (Å²) in [5.41, 5.74) is 0.807. The molecule has 0 amide bonds. The summed E-state index contributed by atoms with van der Waals surface area (Å²) < 4.78 is 31.3. The number of hydrogen-bond acceptors (Lipinski definition) is 4. The van der Waals surface area contributed by atoms with Gasteiger partial charge in [-0.25, -0.2) is 18.1 Å². The van der Waals surface area contributed by atoms with E-state index in [1.54, 1.807) is 24.5 Å². The summed E-state index contributed by atoms with van der Waals surface area (Å²) in [6, 6.07) is 10.4. The molecule has 2 rings (SSSR count). The predicted molar refractivity (Wildman–Crippen MR) is 93.1 cm³/mol. The fraction of sp³-hybridized carbons (Fsp3) is 0.312. The number of nitrogens with zero attached hydrogens (tertiary/aromatic N) is 1. The van der Waals surface area contributed by atoms with E-state index in [9.17, 15) is 8.42 Å². The average molecular weight is 350 g/mol. The summed E-state index contributed by atoms with van der Waals surface area (Å²) in [7, 11) is -2.06. The Morgan fingerprint density at radius 3 is 2.71 bits per heavy atom. The van der Waals surface area contributed by atoms with Crippen LogP contribution in [0.4, 0.5) is 0 Å². The van der Waals surface area contributed by atoms with Crippen LogP contribution in [0.3, 0.4) is 0 Å². The molecule has 0 fully saturated rings. The van der Waals surface area contributed by atoms with Crippen LogP contribution in [-0.4, -0.2) is 28.0 Å². The van der Waals surface area contributed by atoms with Crippen LogP contribution in [0.2, 0.25) is 0 Å². The van der Waals surface area contributed by atoms with Crippen molar-refractivity contribution in [3.05, 3.63) is 54.0 Å². The maximum absolute atomic E-state index is 11.8. The number of aliphatic imine (C=N–C) groups is 1. The molecule has 2 aromatic rings. The van der Waals surface area contributed by atoms with Crippen molar-refractivity contribution in [2.24, 2.45) is 4.99 Å². The first-order valence-electron chi connectivity index (χ1n) is 7.62. The molecule has 3 N–H and O–H groups in total. The lowest BCUT2D eigenvalue weighted by Crippen LogP contribution is -2.36. The van der Waals surface area contributed by atoms with Crippen molar-refractivity contribution in [3.63, 3.8) is 0 Å². The molecule has 130 valence electrons. The molecule has 8 heteroatoms. The summed E-state index contributed by atoms with van der Waals surface area (Å²) in [5, 5.41) is 6.30. The highest BCUT2D eigenvalue weighted by Crippen LogP contribution is 2.12. The molecule has 1 aromatic heterocycles. The number of nitrogens with one attached hydrogen (secondary N) is 3. The molecule has 0 saturated carbocycles. The van der Waals surface area contributed by atoms with Crippen molar-refractivity contribution in [2.75, 3.05) is 13.6 Å². The minimum Gasteiger partial charge on any atom is -0.467 e. The lowest BCUT2D eigenvalue weighted by atomic mass is 10.2. The van der Waals surface area contributed by atoms with Gasteiger partial charge >= 0.3 is 0 Å². The smallest absolute Gasteiger partial charge is 0.240 e. The molecule has 0 aliphatic carbocycles. The first-order chi connectivity index (χ1) is 11.5. The molecule has 0 bridgehead atoms. The van der Waals surface area contributed by atoms with Crippen LogP contribution < -0.4 is 15.4 Å². The van der Waals surface area contributed by atoms with Gasteiger partial charge in [0.25, 0.3) is 0 Å². The molecular weight excluding hydrogens is 328 g/mol. The summed E-state index contributed by atoms with van der Waals surface area (Å²) in [4.78, 5) is 4.70. The predicted octanol–water partition coefficient (Wildman–Crippen LogP) is 1.44. The zero-order valence-corrected chi connectivity index (χ0v) is 14.6. The number of benzene rings is 1. The Hall–Kier alpha value is -2.32. The van der Waals surface area contributed by atoms with Gasteiger partial charge in [0.15, 0.2) is 5.96 Å². The molecule has 0 aliphatic heterocycles. The molecule has 1 heterocycles. The standard InChI is InChI=1S/C16H22N4O3S/c1-3-18-16(20-12-14-7-5-9-23-14)19-11-13-6-4-8-15(10-13)24(21,22)17-2/h4-10,17H,3,11-12H2,1-2H3,(H2,18,19,20). The van der Waals surface area contributed by atoms with Gasteiger partial charge < -0.3 is 15.1 Å². The lowest BCUT2D eigenvalue weighted by molar-refractivity contribution is 0.501. The fourth-order valence-corrected chi connectivity index (χ4v) is 2.82. The highest BCUT2D eigenvalue weighted by Gasteiger charge is 2.11. The number of hydrogen-bond donors (Lipinski definition) is 3. The third-order valence-electron chi connectivity index (χ3n) is 3.25. The number of guanidine groups is 1. The Morgan fingerprint density at radius 1 is 1.21 bits per heavy atom. The number of furan rings is 1. The molecule has 24 heavy (non-hydrogen) atoms. The largest absolute Gasteiger partial charge is 0.467 e. The minimum absolute atomic E-state index is 0.228. The van der Waals surface area contributed by atoms with Crippen molar-refractivity contribution in [3.8, 4) is 0 Å². The molecule has 7 nitrogen and oxygen atoms in total. The van der Waals surface area contributed by atoms with Gasteiger partial charge in [-0.3, -0.25) is 0 Å². The lowest BCUT2D eigenvalue weighted by Gasteiger charge is -2.10. The van der Waals surface area contributed by atoms with E-state index < -0.39 is 10.0 Å². The Bertz CT molecular complexity index is 770. The van der Waals surface area contributed by atoms with E-state index in [-0.39, 0.29) is 4.90 Å². The van der Waals surface area contributed by atoms with Gasteiger partial charge in [0.1, 0.15) is 5.76 Å². The quantitative estimate of drug-likeness (QED) is 0.519. The van der Waals surface area contributed by atoms with E-state index in [0.29, 0.717) is 19.0 Å². The van der Waals surface area contributed by atoms with Crippen molar-refractivity contribution < 1.29 is 12.8 Å². The summed E-state index contributed by atoms with van der Waals surface area (Å²) in [5.74, 6) is 1.44. The monoisotopic (exact) mass is 350 g/mol. The SMILES string of the molecule is CCNC(=NCc1cccc(S(=O)(=O)NC)c1)NCc1ccco1. The maximum atomic E-state index is 11.8. The summed E-state index contributed by atoms with van der Waals surface area (Å²) in [6.07, 6.45) is 1.62. The summed E-state index contributed by atoms with van der Waals surface area (Å²) in [6.45, 7) is 3.58. The molecule has 0 spiro atoms. The van der Waals surface area contributed by atoms with E-state index >= 15 is 0 Å². The molecule has 0 radical (unpaired) electrons. The van der Waals surface area contributed by atoms with Crippen LogP contribution in [-0.2, 0) is 23.1 Å². The Labute approximate surface area is 142 Å². The van der Waals surface area contributed by atoms with E-state index in [2.05, 4.69) is 20.3 Å². The number of sulfonamides is 1. The zero-order chi connectivity index (χ0) is 17.4. The van der Waals surface area contributed by atoms with Gasteiger partial charge in [0.2, 0.25) is 10.0 Å². The van der Waals surface area contributed by atoms with Crippen LogP contribution in [0.25, 0.3) is 0 Å². The normalized spacial score (nSPS) is 12.2. The zero-order valence-electron chi connectivity index (χ0n) is 13.7. The maximum Gasteiger partial charge on any atom is 0.240 e. The third kappa shape index (κ3) is 5.10. The second-order valence-electron chi connectivity index (χ2n) is 4.98. The second kappa shape index (κ2) is 8.51. The highest BCUT2D eigenvalue weighted by molar-refractivity contribution is 7.89. The Balaban J connectivity index is 2.06. The van der Waals surface area contributed by atoms with Crippen LogP contribution in [0.1, 0.15) is 18.2 Å². The topological polar surface area (TPSA) is 95.7 Å². The molecule has 1 aromatic carbocycles. The molecular formula is C16H22N4O3S. The first-order valence-corrected chi connectivity index (χ1v) is 9.10. The van der Waals surface area contributed by atoms with Gasteiger partial charge in [-0.1, -0.05) is 12.1 Å². The average Bonchev–Trinajstić information content (AvgIpc) is 3.11. The molecule has 0 aliphatic rings. The van der Waals surface area contributed by atoms with Gasteiger partial charge in [-0.15, -0.1) is 0 Å². The number of rotatable bonds is 7. The Morgan fingerprint density at radius 2 is 2.04 bits per heavy atom. The fourth-order valence-electron chi connectivity index (χ4n) is 2.02. The summed E-state index contributed by atoms with van der Waals surface area (Å²) >= 11 is 0. The molecule has 0 saturated heterocycles. The van der Waals surface area contributed by atoms with Crippen LogP contribution in [0.15, 0.2) is 57.0 Å². The third-order valence-corrected chi connectivity index (χ3v) is 4.66. The van der Waals surface area contributed by atoms with E-state index in [0.717, 1.165) is 17.9 Å². The second-order valence-corrected chi connectivity index (χ2v) is 6.87.